The Kier molecular flexibility index (Phi) is 5.62. The molecule has 7 heteroatoms. The van der Waals surface area contributed by atoms with Crippen molar-refractivity contribution in [2.24, 2.45) is 0 Å². The van der Waals surface area contributed by atoms with Gasteiger partial charge < -0.3 is 9.84 Å². The largest absolute Gasteiger partial charge is 0.491 e. The molecule has 0 aromatic heterocycles. The maximum atomic E-state index is 11.9. The molecular weight excluding hydrogens is 289 g/mol. The zero-order valence-electron chi connectivity index (χ0n) is 9.50. The van der Waals surface area contributed by atoms with Crippen molar-refractivity contribution in [2.75, 3.05) is 12.4 Å². The molecule has 0 saturated heterocycles. The van der Waals surface area contributed by atoms with Gasteiger partial charge in [-0.15, -0.1) is 0 Å². The van der Waals surface area contributed by atoms with Crippen molar-refractivity contribution in [1.29, 1.82) is 0 Å². The van der Waals surface area contributed by atoms with Crippen LogP contribution in [0, 0.1) is 0 Å². The number of alkyl halides is 3. The molecule has 0 aliphatic heterocycles. The molecule has 0 radical (unpaired) electrons. The van der Waals surface area contributed by atoms with Gasteiger partial charge in [0.15, 0.2) is 0 Å². The Morgan fingerprint density at radius 3 is 2.61 bits per heavy atom. The average molecular weight is 301 g/mol. The highest BCUT2D eigenvalue weighted by atomic mass is 35.5. The van der Waals surface area contributed by atoms with E-state index in [9.17, 15) is 18.3 Å². The number of benzene rings is 1. The van der Waals surface area contributed by atoms with Gasteiger partial charge in [0.25, 0.3) is 0 Å². The van der Waals surface area contributed by atoms with Crippen molar-refractivity contribution < 1.29 is 23.0 Å². The maximum Gasteiger partial charge on any atom is 0.441 e. The molecule has 0 bridgehead atoms. The van der Waals surface area contributed by atoms with Crippen LogP contribution in [-0.4, -0.2) is 23.0 Å². The number of halogens is 4. The van der Waals surface area contributed by atoms with Crippen LogP contribution in [0.5, 0.6) is 5.75 Å². The molecule has 1 N–H and O–H groups in total. The van der Waals surface area contributed by atoms with Crippen molar-refractivity contribution in [1.82, 2.24) is 0 Å². The Morgan fingerprint density at radius 2 is 2.11 bits per heavy atom. The minimum Gasteiger partial charge on any atom is -0.491 e. The Bertz CT molecular complexity index is 396. The number of thioether (sulfide) groups is 1. The minimum atomic E-state index is -4.25. The summed E-state index contributed by atoms with van der Waals surface area (Å²) in [5, 5.41) is 9.58. The summed E-state index contributed by atoms with van der Waals surface area (Å²) in [5.41, 5.74) is -3.62. The van der Waals surface area contributed by atoms with Gasteiger partial charge in [-0.2, -0.15) is 13.2 Å². The summed E-state index contributed by atoms with van der Waals surface area (Å²) < 4.78 is 40.7. The Labute approximate surface area is 112 Å². The molecule has 0 heterocycles. The smallest absolute Gasteiger partial charge is 0.441 e. The quantitative estimate of drug-likeness (QED) is 0.833. The third kappa shape index (κ3) is 5.37. The highest BCUT2D eigenvalue weighted by molar-refractivity contribution is 8.00. The summed E-state index contributed by atoms with van der Waals surface area (Å²) in [4.78, 5) is 0. The molecule has 0 aliphatic rings. The molecule has 0 amide bonds. The summed E-state index contributed by atoms with van der Waals surface area (Å²) >= 11 is 5.74. The molecule has 0 saturated carbocycles. The first-order chi connectivity index (χ1) is 8.29. The predicted molar refractivity (Wildman–Crippen MR) is 66.1 cm³/mol. The summed E-state index contributed by atoms with van der Waals surface area (Å²) in [5.74, 6) is 0.113. The highest BCUT2D eigenvalue weighted by Gasteiger charge is 2.27. The van der Waals surface area contributed by atoms with Gasteiger partial charge in [0, 0.05) is 5.75 Å². The minimum absolute atomic E-state index is 0.0854. The van der Waals surface area contributed by atoms with Crippen LogP contribution in [0.15, 0.2) is 18.2 Å². The first-order valence-corrected chi connectivity index (χ1v) is 6.47. The lowest BCUT2D eigenvalue weighted by Crippen LogP contribution is -2.07. The van der Waals surface area contributed by atoms with Crippen molar-refractivity contribution in [3.63, 3.8) is 0 Å². The van der Waals surface area contributed by atoms with E-state index in [-0.39, 0.29) is 29.1 Å². The number of rotatable bonds is 5. The SMILES string of the molecule is C[C@@H](O)c1ccc(OCCSC(F)(F)F)c(Cl)c1. The van der Waals surface area contributed by atoms with Gasteiger partial charge in [0.1, 0.15) is 5.75 Å². The van der Waals surface area contributed by atoms with E-state index in [2.05, 4.69) is 0 Å². The number of hydrogen-bond donors (Lipinski definition) is 1. The van der Waals surface area contributed by atoms with Gasteiger partial charge in [-0.1, -0.05) is 17.7 Å². The summed E-state index contributed by atoms with van der Waals surface area (Å²) in [6.45, 7) is 1.50. The fraction of sp³-hybridized carbons (Fsp3) is 0.455. The lowest BCUT2D eigenvalue weighted by atomic mass is 10.1. The maximum absolute atomic E-state index is 11.9. The van der Waals surface area contributed by atoms with Crippen LogP contribution in [0.1, 0.15) is 18.6 Å². The molecule has 1 aromatic rings. The number of aliphatic hydroxyl groups excluding tert-OH is 1. The van der Waals surface area contributed by atoms with Crippen LogP contribution in [0.2, 0.25) is 5.02 Å². The van der Waals surface area contributed by atoms with Crippen molar-refractivity contribution >= 4 is 23.4 Å². The normalized spacial score (nSPS) is 13.4. The number of ether oxygens (including phenoxy) is 1. The van der Waals surface area contributed by atoms with Gasteiger partial charge in [-0.3, -0.25) is 0 Å². The van der Waals surface area contributed by atoms with Crippen LogP contribution >= 0.6 is 23.4 Å². The molecule has 1 aromatic carbocycles. The molecule has 1 rings (SSSR count). The van der Waals surface area contributed by atoms with E-state index in [1.54, 1.807) is 13.0 Å². The fourth-order valence-corrected chi connectivity index (χ4v) is 1.84. The first-order valence-electron chi connectivity index (χ1n) is 5.10. The van der Waals surface area contributed by atoms with Crippen LogP contribution in [0.4, 0.5) is 13.2 Å². The van der Waals surface area contributed by atoms with Gasteiger partial charge in [-0.25, -0.2) is 0 Å². The second kappa shape index (κ2) is 6.54. The standard InChI is InChI=1S/C11H12ClF3O2S/c1-7(16)8-2-3-10(9(12)6-8)17-4-5-18-11(13,14)15/h2-3,6-7,16H,4-5H2,1H3/t7-/m1/s1. The van der Waals surface area contributed by atoms with Gasteiger partial charge >= 0.3 is 5.51 Å². The van der Waals surface area contributed by atoms with E-state index in [0.717, 1.165) is 0 Å². The topological polar surface area (TPSA) is 29.5 Å². The number of aliphatic hydroxyl groups is 1. The van der Waals surface area contributed by atoms with Crippen LogP contribution in [0.3, 0.4) is 0 Å². The molecule has 102 valence electrons. The number of hydrogen-bond acceptors (Lipinski definition) is 3. The lowest BCUT2D eigenvalue weighted by molar-refractivity contribution is -0.0329. The Morgan fingerprint density at radius 1 is 1.44 bits per heavy atom. The Hall–Kier alpha value is -0.590. The summed E-state index contributed by atoms with van der Waals surface area (Å²) in [7, 11) is 0. The van der Waals surface area contributed by atoms with Gasteiger partial charge in [0.2, 0.25) is 0 Å². The van der Waals surface area contributed by atoms with Gasteiger partial charge in [-0.05, 0) is 36.4 Å². The monoisotopic (exact) mass is 300 g/mol. The Balaban J connectivity index is 2.48. The van der Waals surface area contributed by atoms with Gasteiger partial charge in [0.05, 0.1) is 17.7 Å². The third-order valence-corrected chi connectivity index (χ3v) is 3.04. The second-order valence-corrected chi connectivity index (χ2v) is 5.08. The average Bonchev–Trinajstić information content (AvgIpc) is 2.24. The molecule has 18 heavy (non-hydrogen) atoms. The van der Waals surface area contributed by atoms with Crippen LogP contribution < -0.4 is 4.74 Å². The van der Waals surface area contributed by atoms with E-state index < -0.39 is 11.6 Å². The van der Waals surface area contributed by atoms with Crippen LogP contribution in [0.25, 0.3) is 0 Å². The van der Waals surface area contributed by atoms with E-state index in [1.807, 2.05) is 0 Å². The molecule has 0 aliphatic carbocycles. The molecule has 0 unspecified atom stereocenters. The molecule has 1 atom stereocenters. The first kappa shape index (κ1) is 15.5. The zero-order valence-corrected chi connectivity index (χ0v) is 11.1. The highest BCUT2D eigenvalue weighted by Crippen LogP contribution is 2.31. The molecule has 2 nitrogen and oxygen atoms in total. The molecular formula is C11H12ClF3O2S. The predicted octanol–water partition coefficient (Wildman–Crippen LogP) is 4.03. The summed E-state index contributed by atoms with van der Waals surface area (Å²) in [6.07, 6.45) is -0.655. The van der Waals surface area contributed by atoms with Crippen LogP contribution in [-0.2, 0) is 0 Å². The lowest BCUT2D eigenvalue weighted by Gasteiger charge is -2.11. The molecule has 0 spiro atoms. The van der Waals surface area contributed by atoms with E-state index in [1.165, 1.54) is 12.1 Å². The second-order valence-electron chi connectivity index (χ2n) is 3.51. The van der Waals surface area contributed by atoms with Crippen molar-refractivity contribution in [3.8, 4) is 5.75 Å². The summed E-state index contributed by atoms with van der Waals surface area (Å²) in [6, 6.07) is 4.67. The molecule has 0 fully saturated rings. The van der Waals surface area contributed by atoms with Crippen molar-refractivity contribution in [3.05, 3.63) is 28.8 Å². The third-order valence-electron chi connectivity index (χ3n) is 2.04. The fourth-order valence-electron chi connectivity index (χ4n) is 1.20. The van der Waals surface area contributed by atoms with E-state index in [4.69, 9.17) is 16.3 Å². The van der Waals surface area contributed by atoms with E-state index >= 15 is 0 Å². The zero-order chi connectivity index (χ0) is 13.8. The van der Waals surface area contributed by atoms with E-state index in [0.29, 0.717) is 11.3 Å². The van der Waals surface area contributed by atoms with Crippen molar-refractivity contribution in [2.45, 2.75) is 18.5 Å².